The van der Waals surface area contributed by atoms with E-state index < -0.39 is 17.7 Å². The summed E-state index contributed by atoms with van der Waals surface area (Å²) in [6.45, 7) is 0. The summed E-state index contributed by atoms with van der Waals surface area (Å²) in [5.41, 5.74) is -0.0284. The van der Waals surface area contributed by atoms with Gasteiger partial charge in [-0.1, -0.05) is 0 Å². The highest BCUT2D eigenvalue weighted by Gasteiger charge is 2.26. The Kier molecular flexibility index (Phi) is 4.44. The minimum Gasteiger partial charge on any atom is -0.392 e. The number of thioether (sulfide) groups is 1. The largest absolute Gasteiger partial charge is 0.392 e. The SMILES string of the molecule is OC(Cc1c(F)ccc(Br)c1F)C1CCCS1. The molecular formula is C12H13BrF2OS. The van der Waals surface area contributed by atoms with Crippen molar-refractivity contribution in [2.75, 3.05) is 5.75 Å². The van der Waals surface area contributed by atoms with Gasteiger partial charge in [0.2, 0.25) is 0 Å². The van der Waals surface area contributed by atoms with Gasteiger partial charge >= 0.3 is 0 Å². The first-order chi connectivity index (χ1) is 8.09. The Morgan fingerprint density at radius 1 is 1.47 bits per heavy atom. The molecule has 1 aromatic rings. The molecule has 1 N–H and O–H groups in total. The van der Waals surface area contributed by atoms with E-state index in [1.807, 2.05) is 0 Å². The van der Waals surface area contributed by atoms with Gasteiger partial charge < -0.3 is 5.11 Å². The van der Waals surface area contributed by atoms with Crippen molar-refractivity contribution in [3.05, 3.63) is 33.8 Å². The van der Waals surface area contributed by atoms with E-state index in [0.29, 0.717) is 0 Å². The van der Waals surface area contributed by atoms with Crippen molar-refractivity contribution in [2.24, 2.45) is 0 Å². The van der Waals surface area contributed by atoms with Crippen LogP contribution in [0.2, 0.25) is 0 Å². The lowest BCUT2D eigenvalue weighted by molar-refractivity contribution is 0.167. The smallest absolute Gasteiger partial charge is 0.143 e. The van der Waals surface area contributed by atoms with Gasteiger partial charge in [0.25, 0.3) is 0 Å². The van der Waals surface area contributed by atoms with Crippen LogP contribution in [0.15, 0.2) is 16.6 Å². The fraction of sp³-hybridized carbons (Fsp3) is 0.500. The van der Waals surface area contributed by atoms with Gasteiger partial charge in [0, 0.05) is 17.2 Å². The van der Waals surface area contributed by atoms with Crippen molar-refractivity contribution in [3.8, 4) is 0 Å². The number of halogens is 3. The summed E-state index contributed by atoms with van der Waals surface area (Å²) in [6, 6.07) is 2.56. The zero-order chi connectivity index (χ0) is 12.4. The van der Waals surface area contributed by atoms with Gasteiger partial charge in [0.15, 0.2) is 0 Å². The fourth-order valence-corrected chi connectivity index (χ4v) is 3.66. The number of rotatable bonds is 3. The summed E-state index contributed by atoms with van der Waals surface area (Å²) >= 11 is 4.70. The lowest BCUT2D eigenvalue weighted by atomic mass is 10.0. The lowest BCUT2D eigenvalue weighted by Crippen LogP contribution is -2.24. The maximum absolute atomic E-state index is 13.7. The highest BCUT2D eigenvalue weighted by Crippen LogP contribution is 2.31. The second kappa shape index (κ2) is 5.67. The summed E-state index contributed by atoms with van der Waals surface area (Å²) < 4.78 is 27.4. The fourth-order valence-electron chi connectivity index (χ4n) is 2.00. The molecule has 1 aromatic carbocycles. The Morgan fingerprint density at radius 3 is 2.88 bits per heavy atom. The van der Waals surface area contributed by atoms with Gasteiger partial charge in [-0.25, -0.2) is 8.78 Å². The van der Waals surface area contributed by atoms with Crippen LogP contribution in [0.4, 0.5) is 8.78 Å². The lowest BCUT2D eigenvalue weighted by Gasteiger charge is -2.18. The van der Waals surface area contributed by atoms with Crippen LogP contribution in [0, 0.1) is 11.6 Å². The summed E-state index contributed by atoms with van der Waals surface area (Å²) in [5.74, 6) is -0.176. The maximum atomic E-state index is 13.7. The molecule has 0 amide bonds. The van der Waals surface area contributed by atoms with E-state index >= 15 is 0 Å². The molecular weight excluding hydrogens is 310 g/mol. The zero-order valence-corrected chi connectivity index (χ0v) is 11.5. The van der Waals surface area contributed by atoms with E-state index in [2.05, 4.69) is 15.9 Å². The Morgan fingerprint density at radius 2 is 2.24 bits per heavy atom. The molecule has 0 bridgehead atoms. The van der Waals surface area contributed by atoms with Gasteiger partial charge in [-0.2, -0.15) is 11.8 Å². The summed E-state index contributed by atoms with van der Waals surface area (Å²) in [5, 5.41) is 10.1. The van der Waals surface area contributed by atoms with Gasteiger partial charge in [-0.3, -0.25) is 0 Å². The van der Waals surface area contributed by atoms with E-state index in [9.17, 15) is 13.9 Å². The number of benzene rings is 1. The first kappa shape index (κ1) is 13.3. The quantitative estimate of drug-likeness (QED) is 0.859. The van der Waals surface area contributed by atoms with Crippen LogP contribution in [0.1, 0.15) is 18.4 Å². The molecule has 1 saturated heterocycles. The third-order valence-electron chi connectivity index (χ3n) is 2.95. The Balaban J connectivity index is 2.14. The molecule has 1 nitrogen and oxygen atoms in total. The van der Waals surface area contributed by atoms with Crippen LogP contribution in [-0.2, 0) is 6.42 Å². The normalized spacial score (nSPS) is 21.8. The van der Waals surface area contributed by atoms with Crippen LogP contribution in [0.25, 0.3) is 0 Å². The monoisotopic (exact) mass is 322 g/mol. The van der Waals surface area contributed by atoms with Crippen LogP contribution >= 0.6 is 27.7 Å². The average molecular weight is 323 g/mol. The second-order valence-corrected chi connectivity index (χ2v) is 6.35. The van der Waals surface area contributed by atoms with Crippen molar-refractivity contribution in [2.45, 2.75) is 30.6 Å². The minimum absolute atomic E-state index is 0.0284. The molecule has 5 heteroatoms. The number of hydrogen-bond acceptors (Lipinski definition) is 2. The van der Waals surface area contributed by atoms with Gasteiger partial charge in [-0.15, -0.1) is 0 Å². The Bertz CT molecular complexity index is 408. The first-order valence-electron chi connectivity index (χ1n) is 5.51. The van der Waals surface area contributed by atoms with Crippen molar-refractivity contribution in [3.63, 3.8) is 0 Å². The number of hydrogen-bond donors (Lipinski definition) is 1. The van der Waals surface area contributed by atoms with Crippen molar-refractivity contribution in [1.29, 1.82) is 0 Å². The molecule has 0 aromatic heterocycles. The van der Waals surface area contributed by atoms with Crippen molar-refractivity contribution < 1.29 is 13.9 Å². The summed E-state index contributed by atoms with van der Waals surface area (Å²) in [6.07, 6.45) is 1.34. The van der Waals surface area contributed by atoms with Crippen molar-refractivity contribution >= 4 is 27.7 Å². The molecule has 1 aliphatic rings. The van der Waals surface area contributed by atoms with Crippen LogP contribution in [0.3, 0.4) is 0 Å². The molecule has 1 fully saturated rings. The van der Waals surface area contributed by atoms with E-state index in [0.717, 1.165) is 18.6 Å². The third-order valence-corrected chi connectivity index (χ3v) is 5.06. The maximum Gasteiger partial charge on any atom is 0.143 e. The Labute approximate surface area is 112 Å². The van der Waals surface area contributed by atoms with Crippen molar-refractivity contribution in [1.82, 2.24) is 0 Å². The molecule has 0 saturated carbocycles. The summed E-state index contributed by atoms with van der Waals surface area (Å²) in [7, 11) is 0. The molecule has 2 atom stereocenters. The average Bonchev–Trinajstić information content (AvgIpc) is 2.83. The minimum atomic E-state index is -0.680. The predicted octanol–water partition coefficient (Wildman–Crippen LogP) is 3.53. The van der Waals surface area contributed by atoms with Crippen LogP contribution in [0.5, 0.6) is 0 Å². The molecule has 1 aliphatic heterocycles. The molecule has 17 heavy (non-hydrogen) atoms. The Hall–Kier alpha value is -0.130. The van der Waals surface area contributed by atoms with E-state index in [1.54, 1.807) is 11.8 Å². The summed E-state index contributed by atoms with van der Waals surface area (Å²) in [4.78, 5) is 0. The third kappa shape index (κ3) is 3.01. The highest BCUT2D eigenvalue weighted by molar-refractivity contribution is 9.10. The van der Waals surface area contributed by atoms with E-state index in [-0.39, 0.29) is 21.7 Å². The standard InChI is InChI=1S/C12H13BrF2OS/c13-8-3-4-9(14)7(12(8)15)6-10(16)11-2-1-5-17-11/h3-4,10-11,16H,1-2,5-6H2. The van der Waals surface area contributed by atoms with E-state index in [1.165, 1.54) is 12.1 Å². The molecule has 94 valence electrons. The molecule has 0 radical (unpaired) electrons. The molecule has 0 spiro atoms. The number of aliphatic hydroxyl groups excluding tert-OH is 1. The zero-order valence-electron chi connectivity index (χ0n) is 9.13. The highest BCUT2D eigenvalue weighted by atomic mass is 79.9. The first-order valence-corrected chi connectivity index (χ1v) is 7.36. The predicted molar refractivity (Wildman–Crippen MR) is 69.2 cm³/mol. The molecule has 2 rings (SSSR count). The molecule has 0 aliphatic carbocycles. The van der Waals surface area contributed by atoms with E-state index in [4.69, 9.17) is 0 Å². The number of aliphatic hydroxyl groups is 1. The van der Waals surface area contributed by atoms with Crippen LogP contribution < -0.4 is 0 Å². The van der Waals surface area contributed by atoms with Crippen LogP contribution in [-0.4, -0.2) is 22.2 Å². The second-order valence-electron chi connectivity index (χ2n) is 4.14. The van der Waals surface area contributed by atoms with Gasteiger partial charge in [0.1, 0.15) is 11.6 Å². The topological polar surface area (TPSA) is 20.2 Å². The molecule has 2 unspecified atom stereocenters. The van der Waals surface area contributed by atoms with Gasteiger partial charge in [0.05, 0.1) is 10.6 Å². The molecule has 1 heterocycles. The van der Waals surface area contributed by atoms with Gasteiger partial charge in [-0.05, 0) is 46.7 Å².